The van der Waals surface area contributed by atoms with E-state index >= 15 is 0 Å². The number of hydrogen-bond acceptors (Lipinski definition) is 5. The van der Waals surface area contributed by atoms with Crippen LogP contribution in [0.4, 0.5) is 10.2 Å². The van der Waals surface area contributed by atoms with Crippen LogP contribution in [0.5, 0.6) is 0 Å². The van der Waals surface area contributed by atoms with Gasteiger partial charge in [0.1, 0.15) is 18.0 Å². The van der Waals surface area contributed by atoms with E-state index < -0.39 is 0 Å². The van der Waals surface area contributed by atoms with Gasteiger partial charge in [0, 0.05) is 43.6 Å². The first-order valence-electron chi connectivity index (χ1n) is 8.07. The van der Waals surface area contributed by atoms with E-state index in [-0.39, 0.29) is 5.82 Å². The molecule has 2 aromatic heterocycles. The maximum Gasteiger partial charge on any atom is 0.237 e. The van der Waals surface area contributed by atoms with Gasteiger partial charge in [-0.2, -0.15) is 4.98 Å². The molecule has 1 N–H and O–H groups in total. The molecule has 1 saturated heterocycles. The Labute approximate surface area is 138 Å². The Hall–Kier alpha value is -2.54. The average Bonchev–Trinajstić information content (AvgIpc) is 3.14. The third-order valence-electron chi connectivity index (χ3n) is 4.28. The zero-order valence-corrected chi connectivity index (χ0v) is 13.2. The number of ether oxygens (including phenoxy) is 1. The molecule has 1 aliphatic rings. The third-order valence-corrected chi connectivity index (χ3v) is 4.28. The molecule has 124 valence electrons. The predicted molar refractivity (Wildman–Crippen MR) is 88.7 cm³/mol. The van der Waals surface area contributed by atoms with Crippen molar-refractivity contribution in [2.75, 3.05) is 25.1 Å². The molecule has 0 amide bonds. The van der Waals surface area contributed by atoms with Crippen LogP contribution in [0.1, 0.15) is 12.8 Å². The summed E-state index contributed by atoms with van der Waals surface area (Å²) in [5.74, 6) is 1.43. The molecular formula is C17H18FN5O. The van der Waals surface area contributed by atoms with E-state index in [0.717, 1.165) is 43.8 Å². The van der Waals surface area contributed by atoms with Crippen LogP contribution in [0.15, 0.2) is 36.9 Å². The average molecular weight is 327 g/mol. The molecule has 24 heavy (non-hydrogen) atoms. The second-order valence-corrected chi connectivity index (χ2v) is 5.94. The quantitative estimate of drug-likeness (QED) is 0.798. The largest absolute Gasteiger partial charge is 0.381 e. The molecular weight excluding hydrogens is 309 g/mol. The van der Waals surface area contributed by atoms with Gasteiger partial charge in [-0.05, 0) is 30.9 Å². The van der Waals surface area contributed by atoms with E-state index in [1.807, 2.05) is 0 Å². The molecule has 0 radical (unpaired) electrons. The molecule has 0 atom stereocenters. The van der Waals surface area contributed by atoms with Crippen molar-refractivity contribution in [1.29, 1.82) is 0 Å². The molecule has 0 unspecified atom stereocenters. The summed E-state index contributed by atoms with van der Waals surface area (Å²) in [7, 11) is 0. The number of imidazole rings is 1. The molecule has 1 aromatic carbocycles. The summed E-state index contributed by atoms with van der Waals surface area (Å²) in [5.41, 5.74) is 0.572. The first-order valence-corrected chi connectivity index (χ1v) is 8.07. The van der Waals surface area contributed by atoms with Crippen LogP contribution in [-0.2, 0) is 4.74 Å². The van der Waals surface area contributed by atoms with Crippen LogP contribution in [0.25, 0.3) is 16.9 Å². The van der Waals surface area contributed by atoms with Crippen LogP contribution in [-0.4, -0.2) is 39.3 Å². The Morgan fingerprint density at radius 3 is 2.92 bits per heavy atom. The molecule has 3 heterocycles. The summed E-state index contributed by atoms with van der Waals surface area (Å²) < 4.78 is 20.7. The minimum atomic E-state index is -0.312. The number of rotatable bonds is 4. The van der Waals surface area contributed by atoms with Crippen molar-refractivity contribution in [3.05, 3.63) is 42.7 Å². The summed E-state index contributed by atoms with van der Waals surface area (Å²) in [6.45, 7) is 2.43. The molecule has 3 aromatic rings. The summed E-state index contributed by atoms with van der Waals surface area (Å²) in [6, 6.07) is 4.58. The van der Waals surface area contributed by atoms with Crippen LogP contribution in [0.3, 0.4) is 0 Å². The highest BCUT2D eigenvalue weighted by Gasteiger charge is 2.15. The number of halogens is 1. The summed E-state index contributed by atoms with van der Waals surface area (Å²) in [6.07, 6.45) is 7.14. The van der Waals surface area contributed by atoms with E-state index in [9.17, 15) is 4.39 Å². The van der Waals surface area contributed by atoms with Crippen molar-refractivity contribution in [3.63, 3.8) is 0 Å². The van der Waals surface area contributed by atoms with Crippen molar-refractivity contribution >= 4 is 16.7 Å². The van der Waals surface area contributed by atoms with Crippen LogP contribution in [0.2, 0.25) is 0 Å². The van der Waals surface area contributed by atoms with E-state index in [4.69, 9.17) is 4.74 Å². The Morgan fingerprint density at radius 1 is 1.25 bits per heavy atom. The normalized spacial score (nSPS) is 15.7. The standard InChI is InChI=1S/C17H18FN5O/c18-13-1-2-14-15(9-13)21-17(23-6-5-19-11-23)22-16(14)20-10-12-3-7-24-8-4-12/h1-2,5-6,9,11-12H,3-4,7-8,10H2,(H,20,21,22). The van der Waals surface area contributed by atoms with Gasteiger partial charge in [0.05, 0.1) is 5.52 Å². The predicted octanol–water partition coefficient (Wildman–Crippen LogP) is 2.79. The highest BCUT2D eigenvalue weighted by atomic mass is 19.1. The smallest absolute Gasteiger partial charge is 0.237 e. The van der Waals surface area contributed by atoms with Crippen molar-refractivity contribution in [2.24, 2.45) is 5.92 Å². The van der Waals surface area contributed by atoms with Gasteiger partial charge in [-0.1, -0.05) is 0 Å². The second kappa shape index (κ2) is 6.52. The van der Waals surface area contributed by atoms with Crippen LogP contribution in [0, 0.1) is 11.7 Å². The van der Waals surface area contributed by atoms with Gasteiger partial charge in [-0.3, -0.25) is 4.57 Å². The Kier molecular flexibility index (Phi) is 4.08. The van der Waals surface area contributed by atoms with Crippen molar-refractivity contribution in [1.82, 2.24) is 19.5 Å². The number of nitrogens with one attached hydrogen (secondary N) is 1. The minimum Gasteiger partial charge on any atom is -0.381 e. The lowest BCUT2D eigenvalue weighted by atomic mass is 10.0. The minimum absolute atomic E-state index is 0.312. The molecule has 6 nitrogen and oxygen atoms in total. The Balaban J connectivity index is 1.68. The number of benzene rings is 1. The lowest BCUT2D eigenvalue weighted by Gasteiger charge is -2.22. The molecule has 1 aliphatic heterocycles. The number of fused-ring (bicyclic) bond motifs is 1. The SMILES string of the molecule is Fc1ccc2c(NCC3CCOCC3)nc(-n3ccnc3)nc2c1. The summed E-state index contributed by atoms with van der Waals surface area (Å²) >= 11 is 0. The van der Waals surface area contributed by atoms with E-state index in [1.54, 1.807) is 29.4 Å². The number of nitrogens with zero attached hydrogens (tertiary/aromatic N) is 4. The van der Waals surface area contributed by atoms with E-state index in [0.29, 0.717) is 17.4 Å². The monoisotopic (exact) mass is 327 g/mol. The number of hydrogen-bond donors (Lipinski definition) is 1. The third kappa shape index (κ3) is 3.07. The highest BCUT2D eigenvalue weighted by Crippen LogP contribution is 2.24. The molecule has 4 rings (SSSR count). The van der Waals surface area contributed by atoms with Gasteiger partial charge in [0.15, 0.2) is 0 Å². The fourth-order valence-electron chi connectivity index (χ4n) is 2.91. The van der Waals surface area contributed by atoms with Gasteiger partial charge in [-0.25, -0.2) is 14.4 Å². The van der Waals surface area contributed by atoms with Crippen LogP contribution >= 0.6 is 0 Å². The van der Waals surface area contributed by atoms with Gasteiger partial charge in [0.2, 0.25) is 5.95 Å². The topological polar surface area (TPSA) is 64.9 Å². The number of anilines is 1. The van der Waals surface area contributed by atoms with Crippen molar-refractivity contribution in [2.45, 2.75) is 12.8 Å². The van der Waals surface area contributed by atoms with E-state index in [1.165, 1.54) is 12.1 Å². The van der Waals surface area contributed by atoms with Gasteiger partial charge >= 0.3 is 0 Å². The molecule has 1 fully saturated rings. The molecule has 7 heteroatoms. The second-order valence-electron chi connectivity index (χ2n) is 5.94. The van der Waals surface area contributed by atoms with E-state index in [2.05, 4.69) is 20.3 Å². The highest BCUT2D eigenvalue weighted by molar-refractivity contribution is 5.89. The lowest BCUT2D eigenvalue weighted by Crippen LogP contribution is -2.23. The zero-order valence-electron chi connectivity index (χ0n) is 13.2. The summed E-state index contributed by atoms with van der Waals surface area (Å²) in [4.78, 5) is 13.1. The first kappa shape index (κ1) is 15.0. The van der Waals surface area contributed by atoms with Gasteiger partial charge < -0.3 is 10.1 Å². The Morgan fingerprint density at radius 2 is 2.12 bits per heavy atom. The maximum atomic E-state index is 13.6. The van der Waals surface area contributed by atoms with Crippen LogP contribution < -0.4 is 5.32 Å². The summed E-state index contributed by atoms with van der Waals surface area (Å²) in [5, 5.41) is 4.23. The fraction of sp³-hybridized carbons (Fsp3) is 0.353. The number of aromatic nitrogens is 4. The maximum absolute atomic E-state index is 13.6. The molecule has 0 bridgehead atoms. The molecule has 0 saturated carbocycles. The molecule has 0 spiro atoms. The van der Waals surface area contributed by atoms with Gasteiger partial charge in [0.25, 0.3) is 0 Å². The Bertz CT molecular complexity index is 830. The lowest BCUT2D eigenvalue weighted by molar-refractivity contribution is 0.0699. The van der Waals surface area contributed by atoms with Crippen molar-refractivity contribution in [3.8, 4) is 5.95 Å². The first-order chi connectivity index (χ1) is 11.8. The zero-order chi connectivity index (χ0) is 16.4. The van der Waals surface area contributed by atoms with Gasteiger partial charge in [-0.15, -0.1) is 0 Å². The molecule has 0 aliphatic carbocycles. The van der Waals surface area contributed by atoms with Crippen molar-refractivity contribution < 1.29 is 9.13 Å². The fourth-order valence-corrected chi connectivity index (χ4v) is 2.91.